The number of carbonyl (C=O) groups excluding carboxylic acids is 1. The first kappa shape index (κ1) is 16.8. The SMILES string of the molecule is CCc1nc2cc(NC(=O)N(C)C3CCC(CO)CC3)ccc2o1. The summed E-state index contributed by atoms with van der Waals surface area (Å²) in [6.45, 7) is 2.24. The standard InChI is InChI=1S/C18H25N3O3/c1-3-17-20-15-10-13(6-9-16(15)24-17)19-18(23)21(2)14-7-4-12(11-22)5-8-14/h6,9-10,12,14,22H,3-5,7-8,11H2,1-2H3,(H,19,23). The molecule has 2 aromatic rings. The Morgan fingerprint density at radius 1 is 1.38 bits per heavy atom. The number of rotatable bonds is 4. The lowest BCUT2D eigenvalue weighted by Gasteiger charge is -2.34. The lowest BCUT2D eigenvalue weighted by Crippen LogP contribution is -2.42. The summed E-state index contributed by atoms with van der Waals surface area (Å²) >= 11 is 0. The minimum absolute atomic E-state index is 0.110. The van der Waals surface area contributed by atoms with Gasteiger partial charge in [0.05, 0.1) is 0 Å². The second-order valence-electron chi connectivity index (χ2n) is 6.54. The van der Waals surface area contributed by atoms with Crippen molar-refractivity contribution in [2.45, 2.75) is 45.1 Å². The predicted molar refractivity (Wildman–Crippen MR) is 93.0 cm³/mol. The fraction of sp³-hybridized carbons (Fsp3) is 0.556. The number of aliphatic hydroxyl groups excluding tert-OH is 1. The van der Waals surface area contributed by atoms with Crippen molar-refractivity contribution in [3.8, 4) is 0 Å². The van der Waals surface area contributed by atoms with Crippen LogP contribution in [0.25, 0.3) is 11.1 Å². The molecule has 1 aromatic carbocycles. The fourth-order valence-corrected chi connectivity index (χ4v) is 3.30. The highest BCUT2D eigenvalue weighted by atomic mass is 16.3. The number of nitrogens with one attached hydrogen (secondary N) is 1. The number of nitrogens with zero attached hydrogens (tertiary/aromatic N) is 2. The first-order valence-corrected chi connectivity index (χ1v) is 8.64. The molecular formula is C18H25N3O3. The normalized spacial score (nSPS) is 21.0. The van der Waals surface area contributed by atoms with E-state index in [1.54, 1.807) is 4.90 Å². The molecule has 0 unspecified atom stereocenters. The Hall–Kier alpha value is -2.08. The molecule has 0 aliphatic heterocycles. The van der Waals surface area contributed by atoms with Gasteiger partial charge in [-0.1, -0.05) is 6.92 Å². The smallest absolute Gasteiger partial charge is 0.321 e. The topological polar surface area (TPSA) is 78.6 Å². The zero-order valence-corrected chi connectivity index (χ0v) is 14.3. The van der Waals surface area contributed by atoms with E-state index >= 15 is 0 Å². The van der Waals surface area contributed by atoms with Gasteiger partial charge >= 0.3 is 6.03 Å². The highest BCUT2D eigenvalue weighted by molar-refractivity contribution is 5.91. The van der Waals surface area contributed by atoms with Crippen LogP contribution in [0.3, 0.4) is 0 Å². The Labute approximate surface area is 141 Å². The van der Waals surface area contributed by atoms with Gasteiger partial charge in [0, 0.05) is 31.8 Å². The van der Waals surface area contributed by atoms with Crippen LogP contribution >= 0.6 is 0 Å². The van der Waals surface area contributed by atoms with Crippen LogP contribution in [0.5, 0.6) is 0 Å². The average Bonchev–Trinajstić information content (AvgIpc) is 3.03. The number of urea groups is 1. The number of hydrogen-bond acceptors (Lipinski definition) is 4. The third-order valence-corrected chi connectivity index (χ3v) is 4.93. The number of aliphatic hydroxyl groups is 1. The minimum Gasteiger partial charge on any atom is -0.441 e. The van der Waals surface area contributed by atoms with Gasteiger partial charge in [0.15, 0.2) is 11.5 Å². The van der Waals surface area contributed by atoms with E-state index in [1.807, 2.05) is 32.2 Å². The number of amides is 2. The van der Waals surface area contributed by atoms with Crippen LogP contribution in [-0.4, -0.2) is 40.7 Å². The second kappa shape index (κ2) is 7.21. The van der Waals surface area contributed by atoms with E-state index in [2.05, 4.69) is 10.3 Å². The van der Waals surface area contributed by atoms with Crippen LogP contribution in [0.15, 0.2) is 22.6 Å². The molecule has 0 spiro atoms. The molecule has 2 N–H and O–H groups in total. The van der Waals surface area contributed by atoms with E-state index in [9.17, 15) is 9.90 Å². The number of aryl methyl sites for hydroxylation is 1. The molecule has 2 amide bonds. The number of anilines is 1. The van der Waals surface area contributed by atoms with Crippen molar-refractivity contribution in [2.24, 2.45) is 5.92 Å². The average molecular weight is 331 g/mol. The molecule has 6 nitrogen and oxygen atoms in total. The minimum atomic E-state index is -0.110. The molecule has 0 saturated heterocycles. The van der Waals surface area contributed by atoms with Crippen molar-refractivity contribution >= 4 is 22.8 Å². The Kier molecular flexibility index (Phi) is 5.04. The van der Waals surface area contributed by atoms with Gasteiger partial charge in [-0.15, -0.1) is 0 Å². The van der Waals surface area contributed by atoms with E-state index in [4.69, 9.17) is 4.42 Å². The van der Waals surface area contributed by atoms with Crippen LogP contribution in [0.1, 0.15) is 38.5 Å². The highest BCUT2D eigenvalue weighted by Gasteiger charge is 2.26. The van der Waals surface area contributed by atoms with Gasteiger partial charge in [0.1, 0.15) is 5.52 Å². The molecule has 1 aliphatic rings. The molecule has 0 bridgehead atoms. The first-order chi connectivity index (χ1) is 11.6. The maximum atomic E-state index is 12.5. The summed E-state index contributed by atoms with van der Waals surface area (Å²) in [5, 5.41) is 12.2. The third kappa shape index (κ3) is 3.53. The van der Waals surface area contributed by atoms with Crippen molar-refractivity contribution in [1.29, 1.82) is 0 Å². The quantitative estimate of drug-likeness (QED) is 0.900. The van der Waals surface area contributed by atoms with E-state index < -0.39 is 0 Å². The predicted octanol–water partition coefficient (Wildman–Crippen LogP) is 3.41. The zero-order chi connectivity index (χ0) is 17.1. The summed E-state index contributed by atoms with van der Waals surface area (Å²) in [5.74, 6) is 1.09. The number of fused-ring (bicyclic) bond motifs is 1. The molecule has 130 valence electrons. The van der Waals surface area contributed by atoms with Crippen molar-refractivity contribution in [3.05, 3.63) is 24.1 Å². The van der Waals surface area contributed by atoms with Gasteiger partial charge in [0.2, 0.25) is 0 Å². The van der Waals surface area contributed by atoms with Gasteiger partial charge in [-0.3, -0.25) is 0 Å². The van der Waals surface area contributed by atoms with Crippen LogP contribution in [0.2, 0.25) is 0 Å². The second-order valence-corrected chi connectivity index (χ2v) is 6.54. The lowest BCUT2D eigenvalue weighted by molar-refractivity contribution is 0.139. The maximum absolute atomic E-state index is 12.5. The van der Waals surface area contributed by atoms with Crippen LogP contribution in [0, 0.1) is 5.92 Å². The van der Waals surface area contributed by atoms with E-state index in [0.717, 1.165) is 48.9 Å². The molecule has 1 aromatic heterocycles. The zero-order valence-electron chi connectivity index (χ0n) is 14.3. The number of carbonyl (C=O) groups is 1. The van der Waals surface area contributed by atoms with Gasteiger partial charge in [-0.2, -0.15) is 0 Å². The molecule has 1 heterocycles. The summed E-state index contributed by atoms with van der Waals surface area (Å²) < 4.78 is 5.59. The maximum Gasteiger partial charge on any atom is 0.321 e. The molecule has 1 fully saturated rings. The molecule has 3 rings (SSSR count). The largest absolute Gasteiger partial charge is 0.441 e. The van der Waals surface area contributed by atoms with Crippen molar-refractivity contribution < 1.29 is 14.3 Å². The Morgan fingerprint density at radius 3 is 2.79 bits per heavy atom. The Balaban J connectivity index is 1.63. The third-order valence-electron chi connectivity index (χ3n) is 4.93. The van der Waals surface area contributed by atoms with Gasteiger partial charge in [0.25, 0.3) is 0 Å². The number of aromatic nitrogens is 1. The van der Waals surface area contributed by atoms with Gasteiger partial charge in [-0.25, -0.2) is 9.78 Å². The van der Waals surface area contributed by atoms with E-state index in [0.29, 0.717) is 11.8 Å². The van der Waals surface area contributed by atoms with Crippen molar-refractivity contribution in [2.75, 3.05) is 19.0 Å². The van der Waals surface area contributed by atoms with Gasteiger partial charge in [-0.05, 0) is 49.8 Å². The molecule has 1 saturated carbocycles. The molecule has 1 aliphatic carbocycles. The van der Waals surface area contributed by atoms with Crippen molar-refractivity contribution in [3.63, 3.8) is 0 Å². The Morgan fingerprint density at radius 2 is 2.12 bits per heavy atom. The Bertz CT molecular complexity index is 705. The summed E-state index contributed by atoms with van der Waals surface area (Å²) in [7, 11) is 1.84. The highest BCUT2D eigenvalue weighted by Crippen LogP contribution is 2.27. The molecular weight excluding hydrogens is 306 g/mol. The molecule has 6 heteroatoms. The lowest BCUT2D eigenvalue weighted by atomic mass is 9.86. The summed E-state index contributed by atoms with van der Waals surface area (Å²) in [6, 6.07) is 5.63. The van der Waals surface area contributed by atoms with E-state index in [1.165, 1.54) is 0 Å². The summed E-state index contributed by atoms with van der Waals surface area (Å²) in [4.78, 5) is 18.7. The first-order valence-electron chi connectivity index (χ1n) is 8.64. The number of benzene rings is 1. The number of oxazole rings is 1. The molecule has 0 atom stereocenters. The van der Waals surface area contributed by atoms with E-state index in [-0.39, 0.29) is 18.7 Å². The summed E-state index contributed by atoms with van der Waals surface area (Å²) in [6.07, 6.45) is 4.58. The van der Waals surface area contributed by atoms with Crippen LogP contribution in [0.4, 0.5) is 10.5 Å². The van der Waals surface area contributed by atoms with Crippen LogP contribution in [-0.2, 0) is 6.42 Å². The van der Waals surface area contributed by atoms with Crippen LogP contribution < -0.4 is 5.32 Å². The molecule has 24 heavy (non-hydrogen) atoms. The van der Waals surface area contributed by atoms with Crippen molar-refractivity contribution in [1.82, 2.24) is 9.88 Å². The van der Waals surface area contributed by atoms with Gasteiger partial charge < -0.3 is 19.7 Å². The number of hydrogen-bond donors (Lipinski definition) is 2. The monoisotopic (exact) mass is 331 g/mol. The summed E-state index contributed by atoms with van der Waals surface area (Å²) in [5.41, 5.74) is 2.22. The fourth-order valence-electron chi connectivity index (χ4n) is 3.30. The molecule has 0 radical (unpaired) electrons.